The van der Waals surface area contributed by atoms with E-state index in [2.05, 4.69) is 26.2 Å². The quantitative estimate of drug-likeness (QED) is 0.855. The van der Waals surface area contributed by atoms with E-state index in [0.717, 1.165) is 10.2 Å². The molecule has 1 aromatic carbocycles. The molecule has 6 heteroatoms. The average Bonchev–Trinajstić information content (AvgIpc) is 2.36. The molecule has 3 nitrogen and oxygen atoms in total. The van der Waals surface area contributed by atoms with E-state index in [1.807, 2.05) is 12.1 Å². The van der Waals surface area contributed by atoms with E-state index in [4.69, 9.17) is 28.5 Å². The molecule has 1 heterocycles. The Labute approximate surface area is 122 Å². The molecule has 1 aromatic heterocycles. The first kappa shape index (κ1) is 13.2. The van der Waals surface area contributed by atoms with Crippen molar-refractivity contribution in [2.75, 3.05) is 5.32 Å². The third-order valence-electron chi connectivity index (χ3n) is 2.19. The summed E-state index contributed by atoms with van der Waals surface area (Å²) < 4.78 is 0.826. The lowest BCUT2D eigenvalue weighted by atomic mass is 10.2. The molecule has 2 aromatic rings. The Morgan fingerprint density at radius 3 is 2.78 bits per heavy atom. The predicted molar refractivity (Wildman–Crippen MR) is 76.4 cm³/mol. The largest absolute Gasteiger partial charge is 0.338 e. The fraction of sp³-hybridized carbons (Fsp3) is 0. The molecule has 2 rings (SSSR count). The second-order valence-electron chi connectivity index (χ2n) is 3.38. The summed E-state index contributed by atoms with van der Waals surface area (Å²) in [7, 11) is 0. The minimum absolute atomic E-state index is 0.284. The van der Waals surface area contributed by atoms with Crippen LogP contribution in [0.15, 0.2) is 34.9 Å². The Morgan fingerprint density at radius 1 is 1.28 bits per heavy atom. The van der Waals surface area contributed by atoms with E-state index in [0.29, 0.717) is 16.4 Å². The molecule has 18 heavy (non-hydrogen) atoms. The van der Waals surface area contributed by atoms with E-state index in [1.54, 1.807) is 18.2 Å². The summed E-state index contributed by atoms with van der Waals surface area (Å²) in [5, 5.41) is 12.8. The summed E-state index contributed by atoms with van der Waals surface area (Å²) in [6, 6.07) is 8.87. The molecule has 0 unspecified atom stereocenters. The van der Waals surface area contributed by atoms with Gasteiger partial charge >= 0.3 is 0 Å². The highest BCUT2D eigenvalue weighted by Crippen LogP contribution is 2.31. The Morgan fingerprint density at radius 2 is 2.06 bits per heavy atom. The van der Waals surface area contributed by atoms with Crippen LogP contribution >= 0.6 is 39.1 Å². The highest BCUT2D eigenvalue weighted by molar-refractivity contribution is 9.10. The molecule has 0 bridgehead atoms. The molecule has 0 aliphatic heterocycles. The van der Waals surface area contributed by atoms with Crippen molar-refractivity contribution in [1.29, 1.82) is 5.26 Å². The van der Waals surface area contributed by atoms with Crippen LogP contribution in [-0.2, 0) is 0 Å². The first-order valence-electron chi connectivity index (χ1n) is 4.88. The summed E-state index contributed by atoms with van der Waals surface area (Å²) in [5.74, 6) is 0.415. The normalized spacial score (nSPS) is 9.89. The number of hydrogen-bond donors (Lipinski definition) is 1. The Balaban J connectivity index is 2.41. The maximum atomic E-state index is 8.89. The van der Waals surface area contributed by atoms with Gasteiger partial charge in [0.2, 0.25) is 0 Å². The molecule has 0 radical (unpaired) electrons. The zero-order valence-corrected chi connectivity index (χ0v) is 12.0. The number of hydrogen-bond acceptors (Lipinski definition) is 3. The summed E-state index contributed by atoms with van der Waals surface area (Å²) in [6.45, 7) is 0. The second kappa shape index (κ2) is 5.57. The summed E-state index contributed by atoms with van der Waals surface area (Å²) in [4.78, 5) is 4.09. The topological polar surface area (TPSA) is 48.7 Å². The van der Waals surface area contributed by atoms with E-state index in [1.165, 1.54) is 6.20 Å². The number of aromatic nitrogens is 1. The van der Waals surface area contributed by atoms with Crippen molar-refractivity contribution in [1.82, 2.24) is 4.98 Å². The van der Waals surface area contributed by atoms with Gasteiger partial charge in [0, 0.05) is 15.7 Å². The number of benzene rings is 1. The van der Waals surface area contributed by atoms with Crippen LogP contribution in [0.3, 0.4) is 0 Å². The van der Waals surface area contributed by atoms with Crippen LogP contribution in [0.25, 0.3) is 0 Å². The molecule has 0 saturated carbocycles. The van der Waals surface area contributed by atoms with Gasteiger partial charge in [-0.15, -0.1) is 0 Å². The molecule has 0 amide bonds. The molecule has 0 atom stereocenters. The average molecular weight is 343 g/mol. The van der Waals surface area contributed by atoms with Gasteiger partial charge in [-0.1, -0.05) is 23.2 Å². The van der Waals surface area contributed by atoms with Crippen LogP contribution in [0.4, 0.5) is 11.5 Å². The first-order chi connectivity index (χ1) is 8.61. The predicted octanol–water partition coefficient (Wildman–Crippen LogP) is 4.77. The number of rotatable bonds is 2. The third-order valence-corrected chi connectivity index (χ3v) is 3.50. The molecule has 1 N–H and O–H groups in total. The van der Waals surface area contributed by atoms with Crippen LogP contribution in [0, 0.1) is 11.3 Å². The van der Waals surface area contributed by atoms with E-state index in [9.17, 15) is 0 Å². The van der Waals surface area contributed by atoms with Crippen molar-refractivity contribution in [3.05, 3.63) is 50.5 Å². The van der Waals surface area contributed by atoms with Crippen LogP contribution in [0.1, 0.15) is 5.56 Å². The number of nitriles is 1. The molecule has 0 aliphatic rings. The lowest BCUT2D eigenvalue weighted by Gasteiger charge is -2.10. The zero-order valence-electron chi connectivity index (χ0n) is 8.92. The lowest BCUT2D eigenvalue weighted by Crippen LogP contribution is -1.96. The fourth-order valence-corrected chi connectivity index (χ4v) is 2.06. The maximum Gasteiger partial charge on any atom is 0.150 e. The van der Waals surface area contributed by atoms with Crippen molar-refractivity contribution in [2.45, 2.75) is 0 Å². The number of halogens is 3. The standard InChI is InChI=1S/C12H6BrCl2N3/c13-9-2-1-8(14)5-10(9)18-12-11(15)7(6-16)3-4-17-12/h1-5H,(H,17,18). The van der Waals surface area contributed by atoms with Gasteiger partial charge in [-0.05, 0) is 40.2 Å². The highest BCUT2D eigenvalue weighted by atomic mass is 79.9. The minimum Gasteiger partial charge on any atom is -0.338 e. The van der Waals surface area contributed by atoms with E-state index < -0.39 is 0 Å². The lowest BCUT2D eigenvalue weighted by molar-refractivity contribution is 1.29. The Bertz CT molecular complexity index is 638. The SMILES string of the molecule is N#Cc1ccnc(Nc2cc(Cl)ccc2Br)c1Cl. The molecule has 0 fully saturated rings. The fourth-order valence-electron chi connectivity index (χ4n) is 1.34. The van der Waals surface area contributed by atoms with Gasteiger partial charge in [0.1, 0.15) is 11.1 Å². The first-order valence-corrected chi connectivity index (χ1v) is 6.43. The van der Waals surface area contributed by atoms with Crippen molar-refractivity contribution in [3.63, 3.8) is 0 Å². The van der Waals surface area contributed by atoms with Gasteiger partial charge in [0.15, 0.2) is 5.82 Å². The van der Waals surface area contributed by atoms with Crippen LogP contribution in [-0.4, -0.2) is 4.98 Å². The Hall–Kier alpha value is -1.28. The van der Waals surface area contributed by atoms with Crippen molar-refractivity contribution >= 4 is 50.6 Å². The zero-order chi connectivity index (χ0) is 13.1. The number of anilines is 2. The van der Waals surface area contributed by atoms with Gasteiger partial charge in [-0.25, -0.2) is 4.98 Å². The van der Waals surface area contributed by atoms with Crippen LogP contribution < -0.4 is 5.32 Å². The third kappa shape index (κ3) is 2.75. The van der Waals surface area contributed by atoms with E-state index in [-0.39, 0.29) is 5.02 Å². The minimum atomic E-state index is 0.284. The van der Waals surface area contributed by atoms with Gasteiger partial charge in [0.25, 0.3) is 0 Å². The van der Waals surface area contributed by atoms with Gasteiger partial charge < -0.3 is 5.32 Å². The Kier molecular flexibility index (Phi) is 4.07. The molecule has 90 valence electrons. The monoisotopic (exact) mass is 341 g/mol. The number of nitrogens with zero attached hydrogens (tertiary/aromatic N) is 2. The summed E-state index contributed by atoms with van der Waals surface area (Å²) >= 11 is 15.4. The molecular weight excluding hydrogens is 337 g/mol. The number of pyridine rings is 1. The van der Waals surface area contributed by atoms with E-state index >= 15 is 0 Å². The van der Waals surface area contributed by atoms with Gasteiger partial charge in [0.05, 0.1) is 11.3 Å². The summed E-state index contributed by atoms with van der Waals surface area (Å²) in [5.41, 5.74) is 1.10. The summed E-state index contributed by atoms with van der Waals surface area (Å²) in [6.07, 6.45) is 1.52. The highest BCUT2D eigenvalue weighted by Gasteiger charge is 2.09. The molecule has 0 spiro atoms. The molecule has 0 aliphatic carbocycles. The van der Waals surface area contributed by atoms with Crippen molar-refractivity contribution in [3.8, 4) is 6.07 Å². The molecular formula is C12H6BrCl2N3. The van der Waals surface area contributed by atoms with Crippen molar-refractivity contribution < 1.29 is 0 Å². The van der Waals surface area contributed by atoms with Crippen LogP contribution in [0.2, 0.25) is 10.0 Å². The number of nitrogens with one attached hydrogen (secondary N) is 1. The van der Waals surface area contributed by atoms with Gasteiger partial charge in [-0.2, -0.15) is 5.26 Å². The van der Waals surface area contributed by atoms with Crippen molar-refractivity contribution in [2.24, 2.45) is 0 Å². The van der Waals surface area contributed by atoms with Crippen LogP contribution in [0.5, 0.6) is 0 Å². The smallest absolute Gasteiger partial charge is 0.150 e. The molecule has 0 saturated heterocycles. The maximum absolute atomic E-state index is 8.89. The van der Waals surface area contributed by atoms with Gasteiger partial charge in [-0.3, -0.25) is 0 Å². The second-order valence-corrected chi connectivity index (χ2v) is 5.05.